The van der Waals surface area contributed by atoms with E-state index in [-0.39, 0.29) is 24.0 Å². The van der Waals surface area contributed by atoms with Crippen LogP contribution in [0.2, 0.25) is 0 Å². The van der Waals surface area contributed by atoms with Gasteiger partial charge in [-0.1, -0.05) is 13.8 Å². The lowest BCUT2D eigenvalue weighted by Gasteiger charge is -2.43. The molecule has 0 spiro atoms. The number of aryl methyl sites for hydroxylation is 1. The van der Waals surface area contributed by atoms with Gasteiger partial charge in [0, 0.05) is 46.3 Å². The molecule has 0 bridgehead atoms. The van der Waals surface area contributed by atoms with Gasteiger partial charge in [0.15, 0.2) is 5.96 Å². The summed E-state index contributed by atoms with van der Waals surface area (Å²) < 4.78 is 1.80. The summed E-state index contributed by atoms with van der Waals surface area (Å²) in [5, 5.41) is 7.55. The molecule has 1 aromatic heterocycles. The van der Waals surface area contributed by atoms with Crippen LogP contribution in [0, 0.1) is 11.8 Å². The van der Waals surface area contributed by atoms with Gasteiger partial charge in [-0.3, -0.25) is 14.6 Å². The molecule has 1 saturated carbocycles. The highest BCUT2D eigenvalue weighted by molar-refractivity contribution is 14.0. The molecule has 0 unspecified atom stereocenters. The Labute approximate surface area is 181 Å². The van der Waals surface area contributed by atoms with Gasteiger partial charge in [-0.05, 0) is 37.5 Å². The van der Waals surface area contributed by atoms with E-state index in [2.05, 4.69) is 44.0 Å². The predicted octanol–water partition coefficient (Wildman–Crippen LogP) is 2.34. The van der Waals surface area contributed by atoms with Crippen LogP contribution in [0.1, 0.15) is 45.4 Å². The molecule has 0 radical (unpaired) electrons. The molecule has 1 aliphatic heterocycles. The van der Waals surface area contributed by atoms with Crippen LogP contribution in [0.4, 0.5) is 0 Å². The maximum Gasteiger partial charge on any atom is 0.194 e. The van der Waals surface area contributed by atoms with Gasteiger partial charge in [0.1, 0.15) is 12.2 Å². The lowest BCUT2D eigenvalue weighted by molar-refractivity contribution is 0.0864. The Hall–Kier alpha value is -0.900. The minimum Gasteiger partial charge on any atom is -0.349 e. The van der Waals surface area contributed by atoms with Crippen LogP contribution < -0.4 is 5.32 Å². The second-order valence-electron chi connectivity index (χ2n) is 8.04. The molecule has 2 fully saturated rings. The Morgan fingerprint density at radius 1 is 1.19 bits per heavy atom. The first kappa shape index (κ1) is 22.4. The lowest BCUT2D eigenvalue weighted by atomic mass is 9.79. The number of nitrogens with zero attached hydrogens (tertiary/aromatic N) is 6. The molecule has 27 heavy (non-hydrogen) atoms. The zero-order chi connectivity index (χ0) is 18.5. The summed E-state index contributed by atoms with van der Waals surface area (Å²) in [6, 6.07) is 0.792. The molecule has 3 rings (SSSR count). The van der Waals surface area contributed by atoms with Crippen LogP contribution in [0.15, 0.2) is 11.3 Å². The number of nitrogens with one attached hydrogen (secondary N) is 1. The fraction of sp³-hybridized carbons (Fsp3) is 0.842. The van der Waals surface area contributed by atoms with Crippen LogP contribution >= 0.6 is 24.0 Å². The molecular formula is C19H36IN7. The number of guanidine groups is 1. The summed E-state index contributed by atoms with van der Waals surface area (Å²) in [6.07, 6.45) is 7.16. The molecule has 2 aliphatic rings. The van der Waals surface area contributed by atoms with Gasteiger partial charge in [-0.25, -0.2) is 4.98 Å². The quantitative estimate of drug-likeness (QED) is 0.400. The minimum atomic E-state index is 0. The maximum atomic E-state index is 4.46. The molecule has 0 aromatic carbocycles. The van der Waals surface area contributed by atoms with Crippen molar-refractivity contribution in [3.05, 3.63) is 12.2 Å². The Balaban J connectivity index is 0.00000261. The SMILES string of the molecule is CN=C(NCc1ncnn1C)N1CCN(C2CCC(C(C)C)CC2)CC1.I. The number of aliphatic imine (C=N–C) groups is 1. The van der Waals surface area contributed by atoms with Crippen LogP contribution in [0.5, 0.6) is 0 Å². The monoisotopic (exact) mass is 489 g/mol. The molecular weight excluding hydrogens is 453 g/mol. The summed E-state index contributed by atoms with van der Waals surface area (Å²) in [6.45, 7) is 9.78. The van der Waals surface area contributed by atoms with Crippen molar-refractivity contribution in [1.29, 1.82) is 0 Å². The van der Waals surface area contributed by atoms with Gasteiger partial charge in [-0.2, -0.15) is 5.10 Å². The van der Waals surface area contributed by atoms with E-state index in [0.29, 0.717) is 6.54 Å². The molecule has 7 nitrogen and oxygen atoms in total. The van der Waals surface area contributed by atoms with Gasteiger partial charge in [0.05, 0.1) is 6.54 Å². The number of hydrogen-bond acceptors (Lipinski definition) is 4. The van der Waals surface area contributed by atoms with Crippen LogP contribution in [-0.2, 0) is 13.6 Å². The standard InChI is InChI=1S/C19H35N7.HI/c1-15(2)16-5-7-17(8-6-16)25-9-11-26(12-10-25)19(20-3)21-13-18-22-14-23-24(18)4;/h14-17H,5-13H2,1-4H3,(H,20,21);1H. The Morgan fingerprint density at radius 3 is 2.37 bits per heavy atom. The third kappa shape index (κ3) is 5.79. The molecule has 1 N–H and O–H groups in total. The van der Waals surface area contributed by atoms with Crippen LogP contribution in [-0.4, -0.2) is 69.8 Å². The number of hydrogen-bond donors (Lipinski definition) is 1. The highest BCUT2D eigenvalue weighted by Crippen LogP contribution is 2.32. The molecule has 1 aromatic rings. The second kappa shape index (κ2) is 10.6. The van der Waals surface area contributed by atoms with Crippen molar-refractivity contribution in [3.63, 3.8) is 0 Å². The zero-order valence-electron chi connectivity index (χ0n) is 17.3. The number of halogens is 1. The molecule has 0 amide bonds. The average molecular weight is 489 g/mol. The first-order chi connectivity index (χ1) is 12.6. The van der Waals surface area contributed by atoms with E-state index in [4.69, 9.17) is 0 Å². The van der Waals surface area contributed by atoms with Gasteiger partial charge in [0.2, 0.25) is 0 Å². The van der Waals surface area contributed by atoms with E-state index in [0.717, 1.165) is 55.8 Å². The smallest absolute Gasteiger partial charge is 0.194 e. The summed E-state index contributed by atoms with van der Waals surface area (Å²) in [4.78, 5) is 13.8. The van der Waals surface area contributed by atoms with Crippen molar-refractivity contribution in [2.75, 3.05) is 33.2 Å². The average Bonchev–Trinajstić information content (AvgIpc) is 3.08. The van der Waals surface area contributed by atoms with Crippen molar-refractivity contribution >= 4 is 29.9 Å². The fourth-order valence-corrected chi connectivity index (χ4v) is 4.40. The number of aromatic nitrogens is 3. The molecule has 154 valence electrons. The third-order valence-corrected chi connectivity index (χ3v) is 6.24. The summed E-state index contributed by atoms with van der Waals surface area (Å²) in [7, 11) is 3.78. The van der Waals surface area contributed by atoms with Gasteiger partial charge in [-0.15, -0.1) is 24.0 Å². The minimum absolute atomic E-state index is 0. The van der Waals surface area contributed by atoms with E-state index >= 15 is 0 Å². The van der Waals surface area contributed by atoms with Gasteiger partial charge >= 0.3 is 0 Å². The molecule has 8 heteroatoms. The zero-order valence-corrected chi connectivity index (χ0v) is 19.6. The lowest BCUT2D eigenvalue weighted by Crippen LogP contribution is -2.55. The summed E-state index contributed by atoms with van der Waals surface area (Å²) in [5.41, 5.74) is 0. The number of rotatable bonds is 4. The highest BCUT2D eigenvalue weighted by atomic mass is 127. The van der Waals surface area contributed by atoms with Crippen LogP contribution in [0.25, 0.3) is 0 Å². The topological polar surface area (TPSA) is 61.6 Å². The Bertz CT molecular complexity index is 585. The van der Waals surface area contributed by atoms with Crippen molar-refractivity contribution < 1.29 is 0 Å². The van der Waals surface area contributed by atoms with E-state index in [9.17, 15) is 0 Å². The molecule has 0 atom stereocenters. The van der Waals surface area contributed by atoms with Crippen molar-refractivity contribution in [1.82, 2.24) is 29.9 Å². The van der Waals surface area contributed by atoms with Crippen LogP contribution in [0.3, 0.4) is 0 Å². The maximum absolute atomic E-state index is 4.46. The second-order valence-corrected chi connectivity index (χ2v) is 8.04. The van der Waals surface area contributed by atoms with Gasteiger partial charge < -0.3 is 10.2 Å². The normalized spacial score (nSPS) is 24.8. The van der Waals surface area contributed by atoms with E-state index in [1.807, 2.05) is 14.1 Å². The summed E-state index contributed by atoms with van der Waals surface area (Å²) >= 11 is 0. The van der Waals surface area contributed by atoms with Gasteiger partial charge in [0.25, 0.3) is 0 Å². The van der Waals surface area contributed by atoms with E-state index < -0.39 is 0 Å². The molecule has 2 heterocycles. The largest absolute Gasteiger partial charge is 0.349 e. The van der Waals surface area contributed by atoms with Crippen molar-refractivity contribution in [2.45, 2.75) is 52.1 Å². The molecule has 1 saturated heterocycles. The van der Waals surface area contributed by atoms with Crippen molar-refractivity contribution in [3.8, 4) is 0 Å². The van der Waals surface area contributed by atoms with E-state index in [1.54, 1.807) is 11.0 Å². The van der Waals surface area contributed by atoms with E-state index in [1.165, 1.54) is 25.7 Å². The highest BCUT2D eigenvalue weighted by Gasteiger charge is 2.29. The predicted molar refractivity (Wildman–Crippen MR) is 120 cm³/mol. The summed E-state index contributed by atoms with van der Waals surface area (Å²) in [5.74, 6) is 3.68. The van der Waals surface area contributed by atoms with Crippen molar-refractivity contribution in [2.24, 2.45) is 23.9 Å². The third-order valence-electron chi connectivity index (χ3n) is 6.24. The Kier molecular flexibility index (Phi) is 8.78. The first-order valence-electron chi connectivity index (χ1n) is 10.1. The fourth-order valence-electron chi connectivity index (χ4n) is 4.40. The Morgan fingerprint density at radius 2 is 1.85 bits per heavy atom. The first-order valence-corrected chi connectivity index (χ1v) is 10.1. The molecule has 1 aliphatic carbocycles. The number of piperazine rings is 1.